The van der Waals surface area contributed by atoms with E-state index in [1.807, 2.05) is 12.1 Å². The zero-order valence-corrected chi connectivity index (χ0v) is 12.5. The SMILES string of the molecule is C.NS(=O)(=O)Nc1ccc(CCN2CCCCCC2)cc1. The molecule has 3 N–H and O–H groups in total. The zero-order valence-electron chi connectivity index (χ0n) is 11.7. The van der Waals surface area contributed by atoms with Crippen LogP contribution in [-0.4, -0.2) is 33.0 Å². The Morgan fingerprint density at radius 2 is 1.62 bits per heavy atom. The first-order valence-corrected chi connectivity index (χ1v) is 8.69. The van der Waals surface area contributed by atoms with Crippen molar-refractivity contribution < 1.29 is 8.42 Å². The molecule has 1 saturated heterocycles. The summed E-state index contributed by atoms with van der Waals surface area (Å²) in [5.41, 5.74) is 1.72. The van der Waals surface area contributed by atoms with E-state index in [0.717, 1.165) is 13.0 Å². The largest absolute Gasteiger partial charge is 0.303 e. The van der Waals surface area contributed by atoms with Crippen molar-refractivity contribution >= 4 is 15.9 Å². The minimum Gasteiger partial charge on any atom is -0.303 e. The summed E-state index contributed by atoms with van der Waals surface area (Å²) in [5, 5.41) is 4.93. The average Bonchev–Trinajstić information content (AvgIpc) is 2.65. The molecule has 21 heavy (non-hydrogen) atoms. The molecule has 0 radical (unpaired) electrons. The van der Waals surface area contributed by atoms with E-state index >= 15 is 0 Å². The standard InChI is InChI=1S/C14H23N3O2S.CH4/c15-20(18,19)16-14-7-5-13(6-8-14)9-12-17-10-3-1-2-4-11-17;/h5-8,16H,1-4,9-12H2,(H2,15,18,19);1H4. The lowest BCUT2D eigenvalue weighted by Crippen LogP contribution is -2.27. The van der Waals surface area contributed by atoms with Gasteiger partial charge in [0, 0.05) is 12.2 Å². The highest BCUT2D eigenvalue weighted by Gasteiger charge is 2.08. The molecular formula is C15H27N3O2S. The summed E-state index contributed by atoms with van der Waals surface area (Å²) < 4.78 is 24.1. The molecule has 5 nitrogen and oxygen atoms in total. The number of nitrogens with one attached hydrogen (secondary N) is 1. The van der Waals surface area contributed by atoms with Gasteiger partial charge >= 0.3 is 0 Å². The van der Waals surface area contributed by atoms with E-state index in [9.17, 15) is 8.42 Å². The first-order chi connectivity index (χ1) is 9.53. The lowest BCUT2D eigenvalue weighted by atomic mass is 10.1. The van der Waals surface area contributed by atoms with Gasteiger partial charge in [-0.25, -0.2) is 5.14 Å². The van der Waals surface area contributed by atoms with Gasteiger partial charge in [-0.3, -0.25) is 4.72 Å². The number of nitrogens with zero attached hydrogens (tertiary/aromatic N) is 1. The number of likely N-dealkylation sites (tertiary alicyclic amines) is 1. The quantitative estimate of drug-likeness (QED) is 0.876. The summed E-state index contributed by atoms with van der Waals surface area (Å²) >= 11 is 0. The summed E-state index contributed by atoms with van der Waals surface area (Å²) in [6.07, 6.45) is 6.30. The van der Waals surface area contributed by atoms with Crippen LogP contribution in [0, 0.1) is 0 Å². The van der Waals surface area contributed by atoms with Crippen molar-refractivity contribution in [1.82, 2.24) is 4.90 Å². The fraction of sp³-hybridized carbons (Fsp3) is 0.600. The molecule has 2 rings (SSSR count). The fourth-order valence-corrected chi connectivity index (χ4v) is 3.02. The predicted octanol–water partition coefficient (Wildman–Crippen LogP) is 2.36. The van der Waals surface area contributed by atoms with Gasteiger partial charge in [0.1, 0.15) is 0 Å². The molecule has 1 aromatic rings. The zero-order chi connectivity index (χ0) is 14.4. The summed E-state index contributed by atoms with van der Waals surface area (Å²) in [4.78, 5) is 2.52. The van der Waals surface area contributed by atoms with E-state index in [-0.39, 0.29) is 7.43 Å². The van der Waals surface area contributed by atoms with Gasteiger partial charge in [0.25, 0.3) is 10.2 Å². The van der Waals surface area contributed by atoms with Crippen molar-refractivity contribution in [3.05, 3.63) is 29.8 Å². The van der Waals surface area contributed by atoms with Crippen molar-refractivity contribution in [3.63, 3.8) is 0 Å². The van der Waals surface area contributed by atoms with Crippen LogP contribution >= 0.6 is 0 Å². The minimum atomic E-state index is -3.68. The summed E-state index contributed by atoms with van der Waals surface area (Å²) in [5.74, 6) is 0. The maximum absolute atomic E-state index is 10.9. The van der Waals surface area contributed by atoms with Crippen LogP contribution in [0.2, 0.25) is 0 Å². The molecule has 120 valence electrons. The molecule has 0 aliphatic carbocycles. The first-order valence-electron chi connectivity index (χ1n) is 7.15. The maximum atomic E-state index is 10.9. The molecule has 0 spiro atoms. The van der Waals surface area contributed by atoms with E-state index in [0.29, 0.717) is 5.69 Å². The second-order valence-electron chi connectivity index (χ2n) is 5.35. The molecule has 1 heterocycles. The number of hydrogen-bond acceptors (Lipinski definition) is 3. The molecule has 1 aromatic carbocycles. The Bertz CT molecular complexity index is 506. The lowest BCUT2D eigenvalue weighted by Gasteiger charge is -2.19. The normalized spacial score (nSPS) is 16.8. The molecule has 1 fully saturated rings. The smallest absolute Gasteiger partial charge is 0.296 e. The van der Waals surface area contributed by atoms with E-state index < -0.39 is 10.2 Å². The molecule has 0 saturated carbocycles. The van der Waals surface area contributed by atoms with Gasteiger partial charge in [-0.15, -0.1) is 0 Å². The lowest BCUT2D eigenvalue weighted by molar-refractivity contribution is 0.289. The van der Waals surface area contributed by atoms with E-state index in [1.54, 1.807) is 12.1 Å². The minimum absolute atomic E-state index is 0. The Morgan fingerprint density at radius 3 is 2.14 bits per heavy atom. The van der Waals surface area contributed by atoms with Crippen molar-refractivity contribution in [1.29, 1.82) is 0 Å². The summed E-state index contributed by atoms with van der Waals surface area (Å²) in [7, 11) is -3.68. The second kappa shape index (κ2) is 8.36. The van der Waals surface area contributed by atoms with Crippen LogP contribution in [0.25, 0.3) is 0 Å². The number of hydrogen-bond donors (Lipinski definition) is 2. The van der Waals surface area contributed by atoms with E-state index in [2.05, 4.69) is 9.62 Å². The van der Waals surface area contributed by atoms with Gasteiger partial charge in [0.05, 0.1) is 0 Å². The number of nitrogens with two attached hydrogens (primary N) is 1. The molecule has 0 amide bonds. The maximum Gasteiger partial charge on any atom is 0.296 e. The van der Waals surface area contributed by atoms with Gasteiger partial charge in [-0.2, -0.15) is 8.42 Å². The molecule has 1 aliphatic rings. The van der Waals surface area contributed by atoms with Gasteiger partial charge in [0.15, 0.2) is 0 Å². The first kappa shape index (κ1) is 17.9. The Balaban J connectivity index is 0.00000220. The van der Waals surface area contributed by atoms with Crippen LogP contribution in [0.3, 0.4) is 0 Å². The molecule has 0 unspecified atom stereocenters. The fourth-order valence-electron chi connectivity index (χ4n) is 2.55. The Hall–Kier alpha value is -1.11. The van der Waals surface area contributed by atoms with Crippen LogP contribution in [0.4, 0.5) is 5.69 Å². The third-order valence-corrected chi connectivity index (χ3v) is 4.15. The van der Waals surface area contributed by atoms with Gasteiger partial charge in [-0.05, 0) is 50.0 Å². The van der Waals surface area contributed by atoms with Gasteiger partial charge in [0.2, 0.25) is 0 Å². The van der Waals surface area contributed by atoms with Crippen molar-refractivity contribution in [2.24, 2.45) is 5.14 Å². The van der Waals surface area contributed by atoms with Crippen LogP contribution in [0.15, 0.2) is 24.3 Å². The van der Waals surface area contributed by atoms with Crippen LogP contribution < -0.4 is 9.86 Å². The van der Waals surface area contributed by atoms with Crippen molar-refractivity contribution in [2.75, 3.05) is 24.4 Å². The van der Waals surface area contributed by atoms with Crippen molar-refractivity contribution in [2.45, 2.75) is 39.5 Å². The molecule has 1 aliphatic heterocycles. The topological polar surface area (TPSA) is 75.4 Å². The average molecular weight is 313 g/mol. The molecular weight excluding hydrogens is 286 g/mol. The number of anilines is 1. The molecule has 6 heteroatoms. The Kier molecular flexibility index (Phi) is 7.14. The van der Waals surface area contributed by atoms with E-state index in [1.165, 1.54) is 44.3 Å². The van der Waals surface area contributed by atoms with Gasteiger partial charge < -0.3 is 4.90 Å². The van der Waals surface area contributed by atoms with Crippen LogP contribution in [0.5, 0.6) is 0 Å². The monoisotopic (exact) mass is 313 g/mol. The molecule has 0 aromatic heterocycles. The Labute approximate surface area is 128 Å². The molecule has 0 bridgehead atoms. The second-order valence-corrected chi connectivity index (χ2v) is 6.64. The van der Waals surface area contributed by atoms with Crippen LogP contribution in [0.1, 0.15) is 38.7 Å². The summed E-state index contributed by atoms with van der Waals surface area (Å²) in [6.45, 7) is 3.47. The number of benzene rings is 1. The highest BCUT2D eigenvalue weighted by molar-refractivity contribution is 7.90. The van der Waals surface area contributed by atoms with Crippen LogP contribution in [-0.2, 0) is 16.6 Å². The predicted molar refractivity (Wildman–Crippen MR) is 88.5 cm³/mol. The molecule has 0 atom stereocenters. The van der Waals surface area contributed by atoms with Crippen molar-refractivity contribution in [3.8, 4) is 0 Å². The third kappa shape index (κ3) is 6.93. The number of rotatable bonds is 5. The Morgan fingerprint density at radius 1 is 1.05 bits per heavy atom. The highest BCUT2D eigenvalue weighted by Crippen LogP contribution is 2.13. The third-order valence-electron chi connectivity index (χ3n) is 3.63. The van der Waals surface area contributed by atoms with Gasteiger partial charge in [-0.1, -0.05) is 32.4 Å². The summed E-state index contributed by atoms with van der Waals surface area (Å²) in [6, 6.07) is 7.40. The van der Waals surface area contributed by atoms with E-state index in [4.69, 9.17) is 5.14 Å². The highest BCUT2D eigenvalue weighted by atomic mass is 32.2.